The number of rotatable bonds is 7. The standard InChI is InChI=1S/C13H25N3O3/c1-2-5-15(7-8-17)10-12(18)16-6-3-4-11(9-16)13(14)19/h11,17H,2-10H2,1H3,(H2,14,19). The van der Waals surface area contributed by atoms with Gasteiger partial charge in [-0.25, -0.2) is 0 Å². The predicted octanol–water partition coefficient (Wildman–Crippen LogP) is -0.585. The third kappa shape index (κ3) is 5.16. The SMILES string of the molecule is CCCN(CCO)CC(=O)N1CCCC(C(N)=O)C1. The van der Waals surface area contributed by atoms with Crippen LogP contribution in [0, 0.1) is 5.92 Å². The summed E-state index contributed by atoms with van der Waals surface area (Å²) in [5.41, 5.74) is 5.31. The number of aliphatic hydroxyl groups is 1. The molecule has 0 saturated carbocycles. The van der Waals surface area contributed by atoms with Gasteiger partial charge >= 0.3 is 0 Å². The van der Waals surface area contributed by atoms with Crippen molar-refractivity contribution in [1.82, 2.24) is 9.80 Å². The van der Waals surface area contributed by atoms with Crippen molar-refractivity contribution in [3.05, 3.63) is 0 Å². The van der Waals surface area contributed by atoms with Crippen LogP contribution in [0.3, 0.4) is 0 Å². The lowest BCUT2D eigenvalue weighted by atomic mass is 9.97. The van der Waals surface area contributed by atoms with Gasteiger partial charge in [-0.2, -0.15) is 0 Å². The normalized spacial score (nSPS) is 19.7. The average molecular weight is 271 g/mol. The Bertz CT molecular complexity index is 304. The number of hydrogen-bond acceptors (Lipinski definition) is 4. The minimum absolute atomic E-state index is 0.0212. The minimum Gasteiger partial charge on any atom is -0.395 e. The summed E-state index contributed by atoms with van der Waals surface area (Å²) < 4.78 is 0. The summed E-state index contributed by atoms with van der Waals surface area (Å²) >= 11 is 0. The van der Waals surface area contributed by atoms with Gasteiger partial charge in [0.1, 0.15) is 0 Å². The molecule has 19 heavy (non-hydrogen) atoms. The lowest BCUT2D eigenvalue weighted by molar-refractivity contribution is -0.136. The summed E-state index contributed by atoms with van der Waals surface area (Å²) in [6, 6.07) is 0. The topological polar surface area (TPSA) is 86.9 Å². The van der Waals surface area contributed by atoms with Crippen molar-refractivity contribution in [3.8, 4) is 0 Å². The number of piperidine rings is 1. The number of nitrogens with two attached hydrogens (primary N) is 1. The Morgan fingerprint density at radius 3 is 2.74 bits per heavy atom. The van der Waals surface area contributed by atoms with Crippen LogP contribution in [0.5, 0.6) is 0 Å². The van der Waals surface area contributed by atoms with E-state index in [1.807, 2.05) is 11.8 Å². The van der Waals surface area contributed by atoms with E-state index >= 15 is 0 Å². The van der Waals surface area contributed by atoms with Crippen molar-refractivity contribution < 1.29 is 14.7 Å². The maximum absolute atomic E-state index is 12.2. The van der Waals surface area contributed by atoms with E-state index < -0.39 is 0 Å². The minimum atomic E-state index is -0.321. The molecule has 110 valence electrons. The highest BCUT2D eigenvalue weighted by Gasteiger charge is 2.27. The summed E-state index contributed by atoms with van der Waals surface area (Å²) in [6.07, 6.45) is 2.54. The van der Waals surface area contributed by atoms with Gasteiger partial charge in [0.2, 0.25) is 11.8 Å². The number of likely N-dealkylation sites (tertiary alicyclic amines) is 1. The molecule has 0 spiro atoms. The second kappa shape index (κ2) is 8.12. The fourth-order valence-electron chi connectivity index (χ4n) is 2.45. The monoisotopic (exact) mass is 271 g/mol. The fourth-order valence-corrected chi connectivity index (χ4v) is 2.45. The number of hydrogen-bond donors (Lipinski definition) is 2. The van der Waals surface area contributed by atoms with E-state index in [1.165, 1.54) is 0 Å². The predicted molar refractivity (Wildman–Crippen MR) is 72.3 cm³/mol. The number of carbonyl (C=O) groups excluding carboxylic acids is 2. The van der Waals surface area contributed by atoms with Crippen LogP contribution >= 0.6 is 0 Å². The van der Waals surface area contributed by atoms with Crippen molar-refractivity contribution in [2.45, 2.75) is 26.2 Å². The molecule has 0 aromatic carbocycles. The fraction of sp³-hybridized carbons (Fsp3) is 0.846. The molecule has 0 aromatic heterocycles. The van der Waals surface area contributed by atoms with Crippen molar-refractivity contribution >= 4 is 11.8 Å². The van der Waals surface area contributed by atoms with Crippen LogP contribution < -0.4 is 5.73 Å². The van der Waals surface area contributed by atoms with Crippen molar-refractivity contribution in [2.75, 3.05) is 39.3 Å². The van der Waals surface area contributed by atoms with E-state index in [-0.39, 0.29) is 24.3 Å². The second-order valence-electron chi connectivity index (χ2n) is 5.08. The Kier molecular flexibility index (Phi) is 6.80. The molecule has 6 nitrogen and oxygen atoms in total. The zero-order valence-corrected chi connectivity index (χ0v) is 11.7. The van der Waals surface area contributed by atoms with Crippen LogP contribution in [0.2, 0.25) is 0 Å². The van der Waals surface area contributed by atoms with Crippen LogP contribution in [0.4, 0.5) is 0 Å². The molecular weight excluding hydrogens is 246 g/mol. The molecule has 1 aliphatic rings. The molecule has 1 fully saturated rings. The molecule has 1 atom stereocenters. The third-order valence-corrected chi connectivity index (χ3v) is 3.49. The maximum atomic E-state index is 12.2. The summed E-state index contributed by atoms with van der Waals surface area (Å²) in [5.74, 6) is -0.513. The smallest absolute Gasteiger partial charge is 0.236 e. The number of aliphatic hydroxyl groups excluding tert-OH is 1. The lowest BCUT2D eigenvalue weighted by Gasteiger charge is -2.33. The summed E-state index contributed by atoms with van der Waals surface area (Å²) in [4.78, 5) is 27.0. The molecule has 1 rings (SSSR count). The first-order chi connectivity index (χ1) is 9.08. The van der Waals surface area contributed by atoms with E-state index in [4.69, 9.17) is 10.8 Å². The quantitative estimate of drug-likeness (QED) is 0.648. The molecule has 0 radical (unpaired) electrons. The third-order valence-electron chi connectivity index (χ3n) is 3.49. The van der Waals surface area contributed by atoms with Crippen LogP contribution in [0.25, 0.3) is 0 Å². The van der Waals surface area contributed by atoms with Crippen molar-refractivity contribution in [3.63, 3.8) is 0 Å². The Labute approximate surface area is 114 Å². The number of nitrogens with zero attached hydrogens (tertiary/aromatic N) is 2. The molecule has 1 aliphatic heterocycles. The second-order valence-corrected chi connectivity index (χ2v) is 5.08. The molecule has 1 heterocycles. The maximum Gasteiger partial charge on any atom is 0.236 e. The van der Waals surface area contributed by atoms with Gasteiger partial charge in [0.25, 0.3) is 0 Å². The average Bonchev–Trinajstić information content (AvgIpc) is 2.39. The highest BCUT2D eigenvalue weighted by atomic mass is 16.3. The van der Waals surface area contributed by atoms with Crippen molar-refractivity contribution in [1.29, 1.82) is 0 Å². The first kappa shape index (κ1) is 15.9. The molecule has 2 amide bonds. The first-order valence-electron chi connectivity index (χ1n) is 6.98. The molecule has 0 bridgehead atoms. The van der Waals surface area contributed by atoms with Gasteiger partial charge in [0.05, 0.1) is 19.1 Å². The molecule has 3 N–H and O–H groups in total. The number of amides is 2. The van der Waals surface area contributed by atoms with Crippen LogP contribution in [0.1, 0.15) is 26.2 Å². The van der Waals surface area contributed by atoms with Gasteiger partial charge in [0.15, 0.2) is 0 Å². The van der Waals surface area contributed by atoms with E-state index in [9.17, 15) is 9.59 Å². The highest BCUT2D eigenvalue weighted by Crippen LogP contribution is 2.16. The van der Waals surface area contributed by atoms with Gasteiger partial charge in [-0.3, -0.25) is 14.5 Å². The molecule has 0 aromatic rings. The first-order valence-corrected chi connectivity index (χ1v) is 6.98. The Hall–Kier alpha value is -1.14. The largest absolute Gasteiger partial charge is 0.395 e. The van der Waals surface area contributed by atoms with Crippen LogP contribution in [-0.4, -0.2) is 66.1 Å². The van der Waals surface area contributed by atoms with E-state index in [1.54, 1.807) is 4.90 Å². The summed E-state index contributed by atoms with van der Waals surface area (Å²) in [6.45, 7) is 4.83. The van der Waals surface area contributed by atoms with Crippen LogP contribution in [0.15, 0.2) is 0 Å². The van der Waals surface area contributed by atoms with E-state index in [2.05, 4.69) is 0 Å². The highest BCUT2D eigenvalue weighted by molar-refractivity contribution is 5.81. The number of primary amides is 1. The molecule has 6 heteroatoms. The molecule has 1 saturated heterocycles. The number of carbonyl (C=O) groups is 2. The van der Waals surface area contributed by atoms with Gasteiger partial charge in [-0.1, -0.05) is 6.92 Å². The Balaban J connectivity index is 2.49. The van der Waals surface area contributed by atoms with Crippen molar-refractivity contribution in [2.24, 2.45) is 11.7 Å². The van der Waals surface area contributed by atoms with Gasteiger partial charge in [-0.05, 0) is 25.8 Å². The van der Waals surface area contributed by atoms with Gasteiger partial charge in [0, 0.05) is 19.6 Å². The lowest BCUT2D eigenvalue weighted by Crippen LogP contribution is -2.48. The molecule has 0 aliphatic carbocycles. The van der Waals surface area contributed by atoms with E-state index in [0.29, 0.717) is 26.2 Å². The molecule has 1 unspecified atom stereocenters. The zero-order valence-electron chi connectivity index (χ0n) is 11.7. The Morgan fingerprint density at radius 2 is 2.16 bits per heavy atom. The Morgan fingerprint density at radius 1 is 1.42 bits per heavy atom. The van der Waals surface area contributed by atoms with E-state index in [0.717, 1.165) is 25.8 Å². The zero-order chi connectivity index (χ0) is 14.3. The van der Waals surface area contributed by atoms with Gasteiger partial charge in [-0.15, -0.1) is 0 Å². The van der Waals surface area contributed by atoms with Crippen LogP contribution in [-0.2, 0) is 9.59 Å². The summed E-state index contributed by atoms with van der Waals surface area (Å²) in [7, 11) is 0. The van der Waals surface area contributed by atoms with Gasteiger partial charge < -0.3 is 15.7 Å². The molecular formula is C13H25N3O3. The summed E-state index contributed by atoms with van der Waals surface area (Å²) in [5, 5.41) is 8.97.